The van der Waals surface area contributed by atoms with Crippen LogP contribution in [0.5, 0.6) is 17.2 Å². The number of alkyl halides is 6. The van der Waals surface area contributed by atoms with E-state index >= 15 is 0 Å². The Balaban J connectivity index is 1.96. The molecule has 0 fully saturated rings. The largest absolute Gasteiger partial charge is 0.573 e. The molecule has 0 amide bonds. The van der Waals surface area contributed by atoms with Crippen molar-refractivity contribution in [1.82, 2.24) is 0 Å². The number of rotatable bonds is 7. The molecular formula is C22H14F7NO4. The highest BCUT2D eigenvalue weighted by Crippen LogP contribution is 2.43. The molecule has 0 saturated heterocycles. The van der Waals surface area contributed by atoms with Crippen molar-refractivity contribution < 1.29 is 50.1 Å². The maximum absolute atomic E-state index is 13.7. The smallest absolute Gasteiger partial charge is 0.478 e. The van der Waals surface area contributed by atoms with Crippen molar-refractivity contribution in [2.45, 2.75) is 19.1 Å². The summed E-state index contributed by atoms with van der Waals surface area (Å²) in [5, 5.41) is 11.8. The minimum Gasteiger partial charge on any atom is -0.478 e. The van der Waals surface area contributed by atoms with Crippen LogP contribution in [0.15, 0.2) is 60.7 Å². The maximum atomic E-state index is 13.7. The van der Waals surface area contributed by atoms with Gasteiger partial charge in [0.15, 0.2) is 5.75 Å². The van der Waals surface area contributed by atoms with Crippen LogP contribution >= 0.6 is 0 Å². The van der Waals surface area contributed by atoms with E-state index in [1.165, 1.54) is 12.1 Å². The molecule has 3 aromatic rings. The topological polar surface area (TPSA) is 67.8 Å². The molecule has 0 atom stereocenters. The molecule has 0 aliphatic carbocycles. The van der Waals surface area contributed by atoms with Crippen LogP contribution in [0, 0.1) is 5.82 Å². The standard InChI is InChI=1S/C22H14F7NO4/c23-14-3-7-15(8-4-14)33-19-17(21(24,25)26)9-13(20(31)32)10-18(19)30-11-12-1-5-16(6-2-12)34-22(27,28)29/h1-10,30H,11H2,(H,31,32). The number of nitrogens with one attached hydrogen (secondary N) is 1. The van der Waals surface area contributed by atoms with Gasteiger partial charge >= 0.3 is 18.5 Å². The van der Waals surface area contributed by atoms with Gasteiger partial charge in [0.1, 0.15) is 22.9 Å². The predicted molar refractivity (Wildman–Crippen MR) is 105 cm³/mol. The molecule has 2 N–H and O–H groups in total. The van der Waals surface area contributed by atoms with Crippen LogP contribution in [0.1, 0.15) is 21.5 Å². The van der Waals surface area contributed by atoms with Crippen LogP contribution in [-0.2, 0) is 12.7 Å². The number of carboxylic acid groups (broad SMARTS) is 1. The van der Waals surface area contributed by atoms with E-state index in [2.05, 4.69) is 10.1 Å². The Kier molecular flexibility index (Phi) is 6.89. The van der Waals surface area contributed by atoms with E-state index in [1.807, 2.05) is 0 Å². The van der Waals surface area contributed by atoms with Crippen molar-refractivity contribution in [2.24, 2.45) is 0 Å². The number of benzene rings is 3. The quantitative estimate of drug-likeness (QED) is 0.356. The minimum absolute atomic E-state index is 0.147. The van der Waals surface area contributed by atoms with Gasteiger partial charge in [0, 0.05) is 6.54 Å². The summed E-state index contributed by atoms with van der Waals surface area (Å²) in [5.41, 5.74) is -2.09. The van der Waals surface area contributed by atoms with Crippen molar-refractivity contribution in [3.63, 3.8) is 0 Å². The highest BCUT2D eigenvalue weighted by Gasteiger charge is 2.37. The summed E-state index contributed by atoms with van der Waals surface area (Å²) in [6.45, 7) is -0.202. The number of halogens is 7. The number of hydrogen-bond donors (Lipinski definition) is 2. The molecule has 12 heteroatoms. The Morgan fingerprint density at radius 3 is 2.00 bits per heavy atom. The molecule has 0 radical (unpaired) electrons. The zero-order chi connectivity index (χ0) is 25.1. The molecule has 0 saturated carbocycles. The number of ether oxygens (including phenoxy) is 2. The summed E-state index contributed by atoms with van der Waals surface area (Å²) in [6, 6.07) is 9.91. The van der Waals surface area contributed by atoms with E-state index in [0.29, 0.717) is 11.6 Å². The third-order valence-electron chi connectivity index (χ3n) is 4.31. The van der Waals surface area contributed by atoms with Crippen molar-refractivity contribution in [1.29, 1.82) is 0 Å². The Hall–Kier alpha value is -3.96. The number of carbonyl (C=O) groups is 1. The summed E-state index contributed by atoms with van der Waals surface area (Å²) in [6.07, 6.45) is -9.90. The molecule has 0 unspecified atom stereocenters. The van der Waals surface area contributed by atoms with E-state index < -0.39 is 47.0 Å². The first-order valence-corrected chi connectivity index (χ1v) is 9.32. The molecule has 0 bridgehead atoms. The van der Waals surface area contributed by atoms with Crippen LogP contribution in [-0.4, -0.2) is 17.4 Å². The highest BCUT2D eigenvalue weighted by molar-refractivity contribution is 5.90. The van der Waals surface area contributed by atoms with Crippen molar-refractivity contribution >= 4 is 11.7 Å². The highest BCUT2D eigenvalue weighted by atomic mass is 19.4. The van der Waals surface area contributed by atoms with Crippen LogP contribution in [0.2, 0.25) is 0 Å². The summed E-state index contributed by atoms with van der Waals surface area (Å²) in [4.78, 5) is 11.4. The first-order chi connectivity index (χ1) is 15.8. The van der Waals surface area contributed by atoms with Gasteiger partial charge in [-0.2, -0.15) is 13.2 Å². The second kappa shape index (κ2) is 9.49. The summed E-state index contributed by atoms with van der Waals surface area (Å²) < 4.78 is 100. The zero-order valence-electron chi connectivity index (χ0n) is 16.8. The number of carboxylic acids is 1. The van der Waals surface area contributed by atoms with Crippen LogP contribution in [0.4, 0.5) is 36.4 Å². The Morgan fingerprint density at radius 2 is 1.47 bits per heavy atom. The van der Waals surface area contributed by atoms with E-state index in [9.17, 15) is 40.6 Å². The lowest BCUT2D eigenvalue weighted by atomic mass is 10.1. The molecule has 0 aromatic heterocycles. The van der Waals surface area contributed by atoms with Crippen molar-refractivity contribution in [3.05, 3.63) is 83.2 Å². The third kappa shape index (κ3) is 6.53. The molecule has 0 aliphatic rings. The van der Waals surface area contributed by atoms with Gasteiger partial charge in [0.2, 0.25) is 0 Å². The maximum Gasteiger partial charge on any atom is 0.573 e. The second-order valence-electron chi connectivity index (χ2n) is 6.80. The molecular weight excluding hydrogens is 475 g/mol. The molecule has 0 heterocycles. The normalized spacial score (nSPS) is 11.7. The van der Waals surface area contributed by atoms with Crippen LogP contribution < -0.4 is 14.8 Å². The zero-order valence-corrected chi connectivity index (χ0v) is 16.8. The van der Waals surface area contributed by atoms with Crippen molar-refractivity contribution in [3.8, 4) is 17.2 Å². The van der Waals surface area contributed by atoms with Gasteiger partial charge in [-0.15, -0.1) is 13.2 Å². The average molecular weight is 489 g/mol. The number of hydrogen-bond acceptors (Lipinski definition) is 4. The van der Waals surface area contributed by atoms with Crippen LogP contribution in [0.3, 0.4) is 0 Å². The Labute approximate surface area is 187 Å². The SMILES string of the molecule is O=C(O)c1cc(NCc2ccc(OC(F)(F)F)cc2)c(Oc2ccc(F)cc2)c(C(F)(F)F)c1. The molecule has 180 valence electrons. The second-order valence-corrected chi connectivity index (χ2v) is 6.80. The summed E-state index contributed by atoms with van der Waals surface area (Å²) >= 11 is 0. The fourth-order valence-electron chi connectivity index (χ4n) is 2.83. The predicted octanol–water partition coefficient (Wildman–Crippen LogP) is 6.85. The fraction of sp³-hybridized carbons (Fsp3) is 0.136. The van der Waals surface area contributed by atoms with Gasteiger partial charge in [0.05, 0.1) is 11.3 Å². The lowest BCUT2D eigenvalue weighted by molar-refractivity contribution is -0.274. The third-order valence-corrected chi connectivity index (χ3v) is 4.31. The number of anilines is 1. The first kappa shape index (κ1) is 24.7. The molecule has 3 rings (SSSR count). The minimum atomic E-state index is -5.01. The Bertz CT molecular complexity index is 1160. The van der Waals surface area contributed by atoms with E-state index in [0.717, 1.165) is 42.5 Å². The number of aromatic carboxylic acids is 1. The summed E-state index contributed by atoms with van der Waals surface area (Å²) in [7, 11) is 0. The van der Waals surface area contributed by atoms with E-state index in [1.54, 1.807) is 0 Å². The molecule has 0 spiro atoms. The van der Waals surface area contributed by atoms with Gasteiger partial charge in [-0.3, -0.25) is 0 Å². The van der Waals surface area contributed by atoms with Gasteiger partial charge < -0.3 is 19.9 Å². The Morgan fingerprint density at radius 1 is 0.882 bits per heavy atom. The van der Waals surface area contributed by atoms with Gasteiger partial charge in [-0.05, 0) is 54.1 Å². The first-order valence-electron chi connectivity index (χ1n) is 9.32. The summed E-state index contributed by atoms with van der Waals surface area (Å²) in [5.74, 6) is -3.69. The lowest BCUT2D eigenvalue weighted by Crippen LogP contribution is -2.17. The fourth-order valence-corrected chi connectivity index (χ4v) is 2.83. The lowest BCUT2D eigenvalue weighted by Gasteiger charge is -2.19. The van der Waals surface area contributed by atoms with Crippen LogP contribution in [0.25, 0.3) is 0 Å². The van der Waals surface area contributed by atoms with E-state index in [-0.39, 0.29) is 18.0 Å². The van der Waals surface area contributed by atoms with E-state index in [4.69, 9.17) is 4.74 Å². The van der Waals surface area contributed by atoms with Crippen molar-refractivity contribution in [2.75, 3.05) is 5.32 Å². The van der Waals surface area contributed by atoms with Gasteiger partial charge in [-0.1, -0.05) is 12.1 Å². The van der Waals surface area contributed by atoms with Gasteiger partial charge in [0.25, 0.3) is 0 Å². The molecule has 34 heavy (non-hydrogen) atoms. The molecule has 5 nitrogen and oxygen atoms in total. The average Bonchev–Trinajstić information content (AvgIpc) is 2.73. The molecule has 3 aromatic carbocycles. The van der Waals surface area contributed by atoms with Gasteiger partial charge in [-0.25, -0.2) is 9.18 Å². The monoisotopic (exact) mass is 489 g/mol. The molecule has 0 aliphatic heterocycles.